The summed E-state index contributed by atoms with van der Waals surface area (Å²) in [5, 5.41) is 0.0833. The van der Waals surface area contributed by atoms with Crippen LogP contribution in [0.1, 0.15) is 10.6 Å². The van der Waals surface area contributed by atoms with Crippen molar-refractivity contribution in [2.45, 2.75) is 0 Å². The van der Waals surface area contributed by atoms with Crippen LogP contribution in [0.2, 0.25) is 0 Å². The number of nitrogens with zero attached hydrogens (tertiary/aromatic N) is 1. The molecule has 0 fully saturated rings. The maximum Gasteiger partial charge on any atom is 0.284 e. The number of amides is 1. The molecule has 0 bridgehead atoms. The summed E-state index contributed by atoms with van der Waals surface area (Å²) in [6.07, 6.45) is 0. The highest BCUT2D eigenvalue weighted by Gasteiger charge is 2.08. The van der Waals surface area contributed by atoms with Gasteiger partial charge in [0.15, 0.2) is 5.82 Å². The Morgan fingerprint density at radius 3 is 2.87 bits per heavy atom. The molecule has 15 heavy (non-hydrogen) atoms. The van der Waals surface area contributed by atoms with E-state index in [1.807, 2.05) is 0 Å². The van der Waals surface area contributed by atoms with Crippen molar-refractivity contribution in [1.29, 1.82) is 0 Å². The Balaban J connectivity index is 2.84. The smallest absolute Gasteiger partial charge is 0.284 e. The van der Waals surface area contributed by atoms with Crippen LogP contribution in [0.5, 0.6) is 0 Å². The van der Waals surface area contributed by atoms with Crippen LogP contribution in [0.15, 0.2) is 23.0 Å². The van der Waals surface area contributed by atoms with Crippen LogP contribution in [0.25, 0.3) is 10.9 Å². The summed E-state index contributed by atoms with van der Waals surface area (Å²) < 4.78 is 12.8. The van der Waals surface area contributed by atoms with Gasteiger partial charge in [-0.2, -0.15) is 0 Å². The number of hydrogen-bond donors (Lipinski definition) is 2. The first kappa shape index (κ1) is 9.32. The number of primary amides is 1. The molecular weight excluding hydrogens is 201 g/mol. The van der Waals surface area contributed by atoms with Crippen molar-refractivity contribution in [1.82, 2.24) is 9.97 Å². The first-order valence-electron chi connectivity index (χ1n) is 4.07. The number of H-pyrrole nitrogens is 1. The third kappa shape index (κ3) is 1.56. The van der Waals surface area contributed by atoms with Crippen molar-refractivity contribution < 1.29 is 9.18 Å². The standard InChI is InChI=1S/C9H6FN3O2/c10-4-1-2-6-5(3-4)9(15)13-8(12-6)7(11)14/h1-3H,(H2,11,14)(H,12,13,15). The van der Waals surface area contributed by atoms with Gasteiger partial charge in [0.05, 0.1) is 10.9 Å². The van der Waals surface area contributed by atoms with Crippen LogP contribution >= 0.6 is 0 Å². The highest BCUT2D eigenvalue weighted by atomic mass is 19.1. The van der Waals surface area contributed by atoms with Crippen LogP contribution < -0.4 is 11.3 Å². The Bertz CT molecular complexity index is 606. The second-order valence-electron chi connectivity index (χ2n) is 2.94. The molecule has 3 N–H and O–H groups in total. The molecule has 0 saturated heterocycles. The zero-order valence-electron chi connectivity index (χ0n) is 7.45. The van der Waals surface area contributed by atoms with Gasteiger partial charge >= 0.3 is 0 Å². The molecule has 5 nitrogen and oxygen atoms in total. The molecule has 1 amide bonds. The topological polar surface area (TPSA) is 88.8 Å². The van der Waals surface area contributed by atoms with E-state index < -0.39 is 17.3 Å². The van der Waals surface area contributed by atoms with Crippen LogP contribution in [0.3, 0.4) is 0 Å². The highest BCUT2D eigenvalue weighted by Crippen LogP contribution is 2.08. The fourth-order valence-electron chi connectivity index (χ4n) is 1.23. The molecule has 0 saturated carbocycles. The lowest BCUT2D eigenvalue weighted by atomic mass is 10.2. The van der Waals surface area contributed by atoms with Crippen molar-refractivity contribution >= 4 is 16.8 Å². The van der Waals surface area contributed by atoms with E-state index in [1.54, 1.807) is 0 Å². The number of aromatic nitrogens is 2. The van der Waals surface area contributed by atoms with Gasteiger partial charge in [-0.05, 0) is 18.2 Å². The summed E-state index contributed by atoms with van der Waals surface area (Å²) in [6.45, 7) is 0. The van der Waals surface area contributed by atoms with Gasteiger partial charge in [-0.3, -0.25) is 9.59 Å². The predicted octanol–water partition coefficient (Wildman–Crippen LogP) is 0.161. The Hall–Kier alpha value is -2.24. The number of carbonyl (C=O) groups excluding carboxylic acids is 1. The fourth-order valence-corrected chi connectivity index (χ4v) is 1.23. The van der Waals surface area contributed by atoms with E-state index in [4.69, 9.17) is 5.73 Å². The zero-order valence-corrected chi connectivity index (χ0v) is 7.45. The minimum absolute atomic E-state index is 0.0833. The van der Waals surface area contributed by atoms with E-state index in [1.165, 1.54) is 6.07 Å². The van der Waals surface area contributed by atoms with Crippen LogP contribution in [-0.4, -0.2) is 15.9 Å². The van der Waals surface area contributed by atoms with Gasteiger partial charge in [0, 0.05) is 0 Å². The van der Waals surface area contributed by atoms with E-state index in [0.29, 0.717) is 0 Å². The SMILES string of the molecule is NC(=O)c1nc2ccc(F)cc2c(=O)[nH]1. The van der Waals surface area contributed by atoms with Gasteiger partial charge < -0.3 is 10.7 Å². The first-order chi connectivity index (χ1) is 7.08. The zero-order chi connectivity index (χ0) is 11.0. The van der Waals surface area contributed by atoms with E-state index >= 15 is 0 Å². The van der Waals surface area contributed by atoms with Crippen molar-refractivity contribution in [3.8, 4) is 0 Å². The number of aromatic amines is 1. The molecule has 2 aromatic rings. The van der Waals surface area contributed by atoms with Crippen molar-refractivity contribution in [3.05, 3.63) is 40.2 Å². The number of nitrogens with two attached hydrogens (primary N) is 1. The first-order valence-corrected chi connectivity index (χ1v) is 4.07. The molecule has 0 unspecified atom stereocenters. The lowest BCUT2D eigenvalue weighted by Crippen LogP contribution is -2.21. The van der Waals surface area contributed by atoms with Gasteiger partial charge in [-0.15, -0.1) is 0 Å². The highest BCUT2D eigenvalue weighted by molar-refractivity contribution is 5.91. The Morgan fingerprint density at radius 2 is 2.20 bits per heavy atom. The molecular formula is C9H6FN3O2. The number of benzene rings is 1. The number of fused-ring (bicyclic) bond motifs is 1. The molecule has 0 aliphatic carbocycles. The molecule has 6 heteroatoms. The van der Waals surface area contributed by atoms with E-state index in [-0.39, 0.29) is 16.7 Å². The monoisotopic (exact) mass is 207 g/mol. The quantitative estimate of drug-likeness (QED) is 0.698. The average molecular weight is 207 g/mol. The molecule has 1 heterocycles. The maximum absolute atomic E-state index is 12.8. The van der Waals surface area contributed by atoms with Gasteiger partial charge in [0.1, 0.15) is 5.82 Å². The average Bonchev–Trinajstić information content (AvgIpc) is 2.18. The van der Waals surface area contributed by atoms with Gasteiger partial charge in [-0.1, -0.05) is 0 Å². The number of hydrogen-bond acceptors (Lipinski definition) is 3. The molecule has 2 rings (SSSR count). The third-order valence-corrected chi connectivity index (χ3v) is 1.90. The van der Waals surface area contributed by atoms with Crippen molar-refractivity contribution in [2.24, 2.45) is 5.73 Å². The van der Waals surface area contributed by atoms with E-state index in [2.05, 4.69) is 9.97 Å². The lowest BCUT2D eigenvalue weighted by molar-refractivity contribution is 0.0990. The minimum atomic E-state index is -0.835. The molecule has 1 aromatic carbocycles. The fraction of sp³-hybridized carbons (Fsp3) is 0. The summed E-state index contributed by atoms with van der Waals surface area (Å²) >= 11 is 0. The normalized spacial score (nSPS) is 10.5. The second kappa shape index (κ2) is 3.16. The van der Waals surface area contributed by atoms with Crippen LogP contribution in [-0.2, 0) is 0 Å². The lowest BCUT2D eigenvalue weighted by Gasteiger charge is -1.98. The molecule has 0 spiro atoms. The van der Waals surface area contributed by atoms with Crippen molar-refractivity contribution in [3.63, 3.8) is 0 Å². The van der Waals surface area contributed by atoms with E-state index in [9.17, 15) is 14.0 Å². The number of halogens is 1. The summed E-state index contributed by atoms with van der Waals surface area (Å²) in [6, 6.07) is 3.51. The summed E-state index contributed by atoms with van der Waals surface area (Å²) in [7, 11) is 0. The maximum atomic E-state index is 12.8. The minimum Gasteiger partial charge on any atom is -0.363 e. The molecule has 76 valence electrons. The van der Waals surface area contributed by atoms with Gasteiger partial charge in [0.25, 0.3) is 11.5 Å². The van der Waals surface area contributed by atoms with Gasteiger partial charge in [-0.25, -0.2) is 9.37 Å². The van der Waals surface area contributed by atoms with Gasteiger partial charge in [0.2, 0.25) is 0 Å². The molecule has 0 aliphatic heterocycles. The number of rotatable bonds is 1. The van der Waals surface area contributed by atoms with Crippen molar-refractivity contribution in [2.75, 3.05) is 0 Å². The summed E-state index contributed by atoms with van der Waals surface area (Å²) in [5.74, 6) is -1.61. The Kier molecular flexibility index (Phi) is 1.96. The summed E-state index contributed by atoms with van der Waals surface area (Å²) in [4.78, 5) is 28.1. The van der Waals surface area contributed by atoms with Crippen LogP contribution in [0.4, 0.5) is 4.39 Å². The predicted molar refractivity (Wildman–Crippen MR) is 50.8 cm³/mol. The molecule has 0 aliphatic rings. The third-order valence-electron chi connectivity index (χ3n) is 1.90. The largest absolute Gasteiger partial charge is 0.363 e. The molecule has 1 aromatic heterocycles. The molecule has 0 atom stereocenters. The number of carbonyl (C=O) groups is 1. The van der Waals surface area contributed by atoms with Crippen LogP contribution in [0, 0.1) is 5.82 Å². The Labute approximate surface area is 82.7 Å². The number of nitrogens with one attached hydrogen (secondary N) is 1. The molecule has 0 radical (unpaired) electrons. The second-order valence-corrected chi connectivity index (χ2v) is 2.94. The Morgan fingerprint density at radius 1 is 1.47 bits per heavy atom. The summed E-state index contributed by atoms with van der Waals surface area (Å²) in [5.41, 5.74) is 4.60. The van der Waals surface area contributed by atoms with E-state index in [0.717, 1.165) is 12.1 Å².